The van der Waals surface area contributed by atoms with Gasteiger partial charge in [0.15, 0.2) is 0 Å². The second-order valence-electron chi connectivity index (χ2n) is 2.37. The first-order valence-electron chi connectivity index (χ1n) is 3.31. The standard InChI is InChI=1S/C8H8ClNO2.ClH/c9-3-6-1-5(4-11)2-7(10)8(6)12;/h1-2,4,12H,3,10H2;1H. The van der Waals surface area contributed by atoms with Crippen LogP contribution in [0.5, 0.6) is 5.75 Å². The summed E-state index contributed by atoms with van der Waals surface area (Å²) in [5, 5.41) is 9.29. The number of halogens is 2. The van der Waals surface area contributed by atoms with E-state index in [9.17, 15) is 9.90 Å². The zero-order valence-corrected chi connectivity index (χ0v) is 8.23. The number of hydrogen-bond donors (Lipinski definition) is 2. The van der Waals surface area contributed by atoms with Crippen molar-refractivity contribution < 1.29 is 9.90 Å². The molecule has 3 N–H and O–H groups in total. The van der Waals surface area contributed by atoms with Crippen molar-refractivity contribution in [3.8, 4) is 5.75 Å². The first-order chi connectivity index (χ1) is 5.69. The molecule has 0 saturated carbocycles. The number of phenols is 1. The molecule has 0 amide bonds. The Morgan fingerprint density at radius 2 is 2.15 bits per heavy atom. The Balaban J connectivity index is 0.00000144. The Morgan fingerprint density at radius 3 is 2.62 bits per heavy atom. The molecule has 0 unspecified atom stereocenters. The van der Waals surface area contributed by atoms with E-state index >= 15 is 0 Å². The summed E-state index contributed by atoms with van der Waals surface area (Å²) in [6.45, 7) is 0. The largest absolute Gasteiger partial charge is 0.505 e. The number of phenolic OH excluding ortho intramolecular Hbond substituents is 1. The van der Waals surface area contributed by atoms with Crippen molar-refractivity contribution >= 4 is 36.0 Å². The number of hydrogen-bond acceptors (Lipinski definition) is 3. The highest BCUT2D eigenvalue weighted by Gasteiger charge is 2.05. The Morgan fingerprint density at radius 1 is 1.54 bits per heavy atom. The zero-order valence-electron chi connectivity index (χ0n) is 6.66. The lowest BCUT2D eigenvalue weighted by Gasteiger charge is -2.04. The van der Waals surface area contributed by atoms with Gasteiger partial charge in [0, 0.05) is 11.1 Å². The van der Waals surface area contributed by atoms with Crippen LogP contribution in [0, 0.1) is 0 Å². The molecule has 13 heavy (non-hydrogen) atoms. The third-order valence-electron chi connectivity index (χ3n) is 1.52. The molecule has 0 aromatic heterocycles. The highest BCUT2D eigenvalue weighted by Crippen LogP contribution is 2.27. The molecule has 0 aliphatic heterocycles. The van der Waals surface area contributed by atoms with Gasteiger partial charge in [0.05, 0.1) is 11.6 Å². The molecular formula is C8H9Cl2NO2. The Hall–Kier alpha value is -0.930. The maximum Gasteiger partial charge on any atom is 0.150 e. The van der Waals surface area contributed by atoms with Gasteiger partial charge in [-0.05, 0) is 12.1 Å². The smallest absolute Gasteiger partial charge is 0.150 e. The second-order valence-corrected chi connectivity index (χ2v) is 2.64. The first kappa shape index (κ1) is 12.1. The van der Waals surface area contributed by atoms with E-state index in [0.29, 0.717) is 17.4 Å². The van der Waals surface area contributed by atoms with E-state index in [1.54, 1.807) is 0 Å². The molecule has 0 spiro atoms. The van der Waals surface area contributed by atoms with Gasteiger partial charge < -0.3 is 10.8 Å². The van der Waals surface area contributed by atoms with E-state index in [-0.39, 0.29) is 29.7 Å². The Bertz CT molecular complexity index is 315. The van der Waals surface area contributed by atoms with Crippen LogP contribution in [-0.4, -0.2) is 11.4 Å². The second kappa shape index (κ2) is 4.94. The van der Waals surface area contributed by atoms with Crippen molar-refractivity contribution in [2.75, 3.05) is 5.73 Å². The summed E-state index contributed by atoms with van der Waals surface area (Å²) < 4.78 is 0. The molecule has 0 radical (unpaired) electrons. The SMILES string of the molecule is Cl.Nc1cc(C=O)cc(CCl)c1O. The molecule has 0 aliphatic rings. The topological polar surface area (TPSA) is 63.3 Å². The number of aromatic hydroxyl groups is 1. The Kier molecular flexibility index (Phi) is 4.59. The van der Waals surface area contributed by atoms with Gasteiger partial charge in [-0.1, -0.05) is 0 Å². The molecule has 0 aliphatic carbocycles. The minimum atomic E-state index is -0.0457. The fraction of sp³-hybridized carbons (Fsp3) is 0.125. The van der Waals surface area contributed by atoms with Crippen LogP contribution in [0.2, 0.25) is 0 Å². The number of nitrogen functional groups attached to an aromatic ring is 1. The summed E-state index contributed by atoms with van der Waals surface area (Å²) in [5.41, 5.74) is 6.47. The van der Waals surface area contributed by atoms with E-state index in [0.717, 1.165) is 0 Å². The third kappa shape index (κ3) is 2.50. The number of alkyl halides is 1. The van der Waals surface area contributed by atoms with Crippen LogP contribution in [0.4, 0.5) is 5.69 Å². The van der Waals surface area contributed by atoms with Gasteiger partial charge in [-0.2, -0.15) is 0 Å². The van der Waals surface area contributed by atoms with Crippen LogP contribution in [0.15, 0.2) is 12.1 Å². The first-order valence-corrected chi connectivity index (χ1v) is 3.85. The monoisotopic (exact) mass is 221 g/mol. The van der Waals surface area contributed by atoms with Crippen molar-refractivity contribution in [1.29, 1.82) is 0 Å². The maximum atomic E-state index is 10.4. The van der Waals surface area contributed by atoms with Crippen molar-refractivity contribution in [2.45, 2.75) is 5.88 Å². The van der Waals surface area contributed by atoms with Crippen molar-refractivity contribution in [3.63, 3.8) is 0 Å². The van der Waals surface area contributed by atoms with Crippen molar-refractivity contribution in [3.05, 3.63) is 23.3 Å². The number of anilines is 1. The van der Waals surface area contributed by atoms with E-state index in [4.69, 9.17) is 17.3 Å². The lowest BCUT2D eigenvalue weighted by molar-refractivity contribution is 0.112. The van der Waals surface area contributed by atoms with Gasteiger partial charge in [0.2, 0.25) is 0 Å². The normalized spacial score (nSPS) is 9.00. The predicted octanol–water partition coefficient (Wildman–Crippen LogP) is 1.95. The summed E-state index contributed by atoms with van der Waals surface area (Å²) in [5.74, 6) is 0.0909. The van der Waals surface area contributed by atoms with Gasteiger partial charge in [-0.25, -0.2) is 0 Å². The molecule has 72 valence electrons. The van der Waals surface area contributed by atoms with E-state index in [1.807, 2.05) is 0 Å². The lowest BCUT2D eigenvalue weighted by atomic mass is 10.1. The molecule has 1 aromatic carbocycles. The highest BCUT2D eigenvalue weighted by molar-refractivity contribution is 6.17. The molecule has 0 fully saturated rings. The molecule has 3 nitrogen and oxygen atoms in total. The number of carbonyl (C=O) groups excluding carboxylic acids is 1. The van der Waals surface area contributed by atoms with E-state index in [1.165, 1.54) is 12.1 Å². The van der Waals surface area contributed by atoms with Crippen LogP contribution in [0.1, 0.15) is 15.9 Å². The highest BCUT2D eigenvalue weighted by atomic mass is 35.5. The number of benzene rings is 1. The lowest BCUT2D eigenvalue weighted by Crippen LogP contribution is -1.92. The van der Waals surface area contributed by atoms with Gasteiger partial charge in [-0.3, -0.25) is 4.79 Å². The van der Waals surface area contributed by atoms with Crippen LogP contribution >= 0.6 is 24.0 Å². The Labute approximate surface area is 86.9 Å². The average molecular weight is 222 g/mol. The van der Waals surface area contributed by atoms with Crippen LogP contribution < -0.4 is 5.73 Å². The molecule has 0 saturated heterocycles. The summed E-state index contributed by atoms with van der Waals surface area (Å²) in [7, 11) is 0. The summed E-state index contributed by atoms with van der Waals surface area (Å²) in [6.07, 6.45) is 0.659. The third-order valence-corrected chi connectivity index (χ3v) is 1.81. The molecular weight excluding hydrogens is 213 g/mol. The van der Waals surface area contributed by atoms with Crippen LogP contribution in [-0.2, 0) is 5.88 Å². The molecule has 5 heteroatoms. The van der Waals surface area contributed by atoms with Crippen LogP contribution in [0.25, 0.3) is 0 Å². The van der Waals surface area contributed by atoms with Gasteiger partial charge in [-0.15, -0.1) is 24.0 Å². The fourth-order valence-electron chi connectivity index (χ4n) is 0.914. The van der Waals surface area contributed by atoms with Gasteiger partial charge in [0.1, 0.15) is 12.0 Å². The summed E-state index contributed by atoms with van der Waals surface area (Å²) >= 11 is 5.50. The number of aldehydes is 1. The molecule has 1 aromatic rings. The van der Waals surface area contributed by atoms with Gasteiger partial charge >= 0.3 is 0 Å². The number of nitrogens with two attached hydrogens (primary N) is 1. The molecule has 0 bridgehead atoms. The number of rotatable bonds is 2. The molecule has 1 rings (SSSR count). The summed E-state index contributed by atoms with van der Waals surface area (Å²) in [4.78, 5) is 10.4. The van der Waals surface area contributed by atoms with E-state index in [2.05, 4.69) is 0 Å². The average Bonchev–Trinajstić information content (AvgIpc) is 2.09. The zero-order chi connectivity index (χ0) is 9.14. The minimum absolute atomic E-state index is 0. The van der Waals surface area contributed by atoms with Crippen LogP contribution in [0.3, 0.4) is 0 Å². The molecule has 0 heterocycles. The molecule has 0 atom stereocenters. The number of carbonyl (C=O) groups is 1. The fourth-order valence-corrected chi connectivity index (χ4v) is 1.12. The van der Waals surface area contributed by atoms with Crippen molar-refractivity contribution in [2.24, 2.45) is 0 Å². The minimum Gasteiger partial charge on any atom is -0.505 e. The van der Waals surface area contributed by atoms with Gasteiger partial charge in [0.25, 0.3) is 0 Å². The van der Waals surface area contributed by atoms with Crippen molar-refractivity contribution in [1.82, 2.24) is 0 Å². The predicted molar refractivity (Wildman–Crippen MR) is 54.7 cm³/mol. The maximum absolute atomic E-state index is 10.4. The summed E-state index contributed by atoms with van der Waals surface area (Å²) in [6, 6.07) is 2.91. The van der Waals surface area contributed by atoms with E-state index < -0.39 is 0 Å². The quantitative estimate of drug-likeness (QED) is 0.348.